The molecule has 1 saturated heterocycles. The second kappa shape index (κ2) is 9.50. The predicted molar refractivity (Wildman–Crippen MR) is 89.5 cm³/mol. The maximum atomic E-state index is 11.4. The fraction of sp³-hybridized carbons (Fsp3) is 0.714. The van der Waals surface area contributed by atoms with E-state index in [0.29, 0.717) is 6.08 Å². The molecule has 2 aliphatic heterocycles. The number of carboxylic acid groups (broad SMARTS) is 1. The molecule has 0 radical (unpaired) electrons. The summed E-state index contributed by atoms with van der Waals surface area (Å²) >= 11 is 0. The number of rotatable bonds is 7. The number of aliphatic hydroxyl groups excluding tert-OH is 4. The molecule has 7 N–H and O–H groups in total. The third-order valence-electron chi connectivity index (χ3n) is 4.14. The number of hydrogen-bond donors (Lipinski definition) is 7. The first kappa shape index (κ1) is 24.4. The fourth-order valence-corrected chi connectivity index (χ4v) is 3.11. The molecule has 1 fully saturated rings. The minimum absolute atomic E-state index is 0.702. The van der Waals surface area contributed by atoms with Crippen LogP contribution in [0.5, 0.6) is 0 Å². The fourth-order valence-electron chi connectivity index (χ4n) is 2.81. The summed E-state index contributed by atoms with van der Waals surface area (Å²) in [5, 5.41) is 51.7. The van der Waals surface area contributed by atoms with Crippen molar-refractivity contribution in [3.63, 3.8) is 0 Å². The number of amides is 1. The zero-order valence-electron chi connectivity index (χ0n) is 15.3. The van der Waals surface area contributed by atoms with Gasteiger partial charge in [0, 0.05) is 6.92 Å². The Hall–Kier alpha value is -1.89. The Kier molecular flexibility index (Phi) is 7.72. The van der Waals surface area contributed by atoms with Crippen molar-refractivity contribution in [3.8, 4) is 0 Å². The molecule has 2 heterocycles. The average molecular weight is 459 g/mol. The number of hydrogen-bond acceptors (Lipinski definition) is 12. The van der Waals surface area contributed by atoms with E-state index < -0.39 is 83.8 Å². The lowest BCUT2D eigenvalue weighted by Gasteiger charge is -2.44. The van der Waals surface area contributed by atoms with Crippen LogP contribution in [0.4, 0.5) is 0 Å². The van der Waals surface area contributed by atoms with Gasteiger partial charge in [0.25, 0.3) is 0 Å². The Bertz CT molecular complexity index is 784. The monoisotopic (exact) mass is 459 g/mol. The van der Waals surface area contributed by atoms with E-state index >= 15 is 0 Å². The maximum Gasteiger partial charge on any atom is 0.397 e. The zero-order chi connectivity index (χ0) is 22.8. The Morgan fingerprint density at radius 3 is 2.37 bits per heavy atom. The van der Waals surface area contributed by atoms with Crippen LogP contribution in [-0.4, -0.2) is 106 Å². The molecule has 0 unspecified atom stereocenters. The maximum absolute atomic E-state index is 11.4. The first-order valence-corrected chi connectivity index (χ1v) is 9.70. The van der Waals surface area contributed by atoms with Gasteiger partial charge in [-0.1, -0.05) is 0 Å². The molecule has 0 aromatic carbocycles. The molecular formula is C14H21NO14S. The van der Waals surface area contributed by atoms with E-state index in [0.717, 1.165) is 6.92 Å². The molecule has 2 aliphatic rings. The first-order chi connectivity index (χ1) is 13.8. The summed E-state index contributed by atoms with van der Waals surface area (Å²) < 4.78 is 49.5. The summed E-state index contributed by atoms with van der Waals surface area (Å²) in [7, 11) is -4.93. The minimum Gasteiger partial charge on any atom is -0.475 e. The van der Waals surface area contributed by atoms with E-state index in [2.05, 4.69) is 9.50 Å². The summed E-state index contributed by atoms with van der Waals surface area (Å²) in [5.74, 6) is -3.07. The number of aliphatic hydroxyl groups is 4. The lowest BCUT2D eigenvalue weighted by Crippen LogP contribution is -2.66. The second-order valence-corrected chi connectivity index (χ2v) is 7.49. The van der Waals surface area contributed by atoms with E-state index in [4.69, 9.17) is 23.9 Å². The molecule has 0 spiro atoms. The van der Waals surface area contributed by atoms with Crippen LogP contribution in [0.15, 0.2) is 11.8 Å². The van der Waals surface area contributed by atoms with Gasteiger partial charge in [-0.3, -0.25) is 9.35 Å². The molecule has 1 amide bonds. The molecule has 16 heteroatoms. The summed E-state index contributed by atoms with van der Waals surface area (Å²) in [5.41, 5.74) is 0. The largest absolute Gasteiger partial charge is 0.475 e. The van der Waals surface area contributed by atoms with Crippen molar-refractivity contribution in [1.82, 2.24) is 5.32 Å². The van der Waals surface area contributed by atoms with E-state index in [-0.39, 0.29) is 0 Å². The summed E-state index contributed by atoms with van der Waals surface area (Å²) in [6, 6.07) is -1.49. The van der Waals surface area contributed by atoms with Gasteiger partial charge in [0.15, 0.2) is 6.29 Å². The normalized spacial score (nSPS) is 37.1. The van der Waals surface area contributed by atoms with E-state index in [1.165, 1.54) is 0 Å². The molecule has 0 aromatic heterocycles. The average Bonchev–Trinajstić information content (AvgIpc) is 2.61. The van der Waals surface area contributed by atoms with Gasteiger partial charge in [0.1, 0.15) is 36.6 Å². The summed E-state index contributed by atoms with van der Waals surface area (Å²) in [6.07, 6.45) is -11.8. The molecule has 2 rings (SSSR count). The predicted octanol–water partition coefficient (Wildman–Crippen LogP) is -4.18. The van der Waals surface area contributed by atoms with Crippen molar-refractivity contribution in [2.45, 2.75) is 56.1 Å². The van der Waals surface area contributed by atoms with Crippen LogP contribution in [-0.2, 0) is 38.4 Å². The Morgan fingerprint density at radius 2 is 1.83 bits per heavy atom. The molecular weight excluding hydrogens is 438 g/mol. The third kappa shape index (κ3) is 6.06. The van der Waals surface area contributed by atoms with Crippen molar-refractivity contribution < 1.29 is 66.5 Å². The van der Waals surface area contributed by atoms with Crippen molar-refractivity contribution in [2.24, 2.45) is 0 Å². The Balaban J connectivity index is 2.26. The zero-order valence-corrected chi connectivity index (χ0v) is 16.1. The number of nitrogens with one attached hydrogen (secondary N) is 1. The van der Waals surface area contributed by atoms with Gasteiger partial charge in [-0.25, -0.2) is 8.98 Å². The number of carbonyl (C=O) groups is 2. The van der Waals surface area contributed by atoms with Gasteiger partial charge < -0.3 is 45.1 Å². The van der Waals surface area contributed by atoms with Gasteiger partial charge in [-0.05, 0) is 6.08 Å². The lowest BCUT2D eigenvalue weighted by atomic mass is 9.96. The Morgan fingerprint density at radius 1 is 1.20 bits per heavy atom. The highest BCUT2D eigenvalue weighted by Crippen LogP contribution is 2.28. The van der Waals surface area contributed by atoms with Crippen molar-refractivity contribution in [3.05, 3.63) is 11.8 Å². The molecule has 0 bridgehead atoms. The van der Waals surface area contributed by atoms with Crippen LogP contribution in [0.2, 0.25) is 0 Å². The van der Waals surface area contributed by atoms with Crippen molar-refractivity contribution in [2.75, 3.05) is 6.61 Å². The van der Waals surface area contributed by atoms with Crippen molar-refractivity contribution >= 4 is 22.3 Å². The first-order valence-electron chi connectivity index (χ1n) is 8.34. The van der Waals surface area contributed by atoms with Crippen LogP contribution < -0.4 is 5.32 Å². The number of carboxylic acids is 1. The van der Waals surface area contributed by atoms with Gasteiger partial charge >= 0.3 is 16.4 Å². The van der Waals surface area contributed by atoms with Gasteiger partial charge in [-0.15, -0.1) is 0 Å². The van der Waals surface area contributed by atoms with Crippen LogP contribution >= 0.6 is 0 Å². The van der Waals surface area contributed by atoms with Crippen LogP contribution in [0.25, 0.3) is 0 Å². The molecule has 0 aromatic rings. The minimum atomic E-state index is -4.93. The second-order valence-electron chi connectivity index (χ2n) is 6.40. The highest BCUT2D eigenvalue weighted by Gasteiger charge is 2.49. The lowest BCUT2D eigenvalue weighted by molar-refractivity contribution is -0.301. The van der Waals surface area contributed by atoms with E-state index in [9.17, 15) is 38.4 Å². The van der Waals surface area contributed by atoms with Gasteiger partial charge in [0.2, 0.25) is 18.0 Å². The molecule has 15 nitrogen and oxygen atoms in total. The molecule has 8 atom stereocenters. The highest BCUT2D eigenvalue weighted by molar-refractivity contribution is 7.80. The van der Waals surface area contributed by atoms with Crippen molar-refractivity contribution in [1.29, 1.82) is 0 Å². The molecule has 0 saturated carbocycles. The van der Waals surface area contributed by atoms with E-state index in [1.807, 2.05) is 0 Å². The topological polar surface area (TPSA) is 239 Å². The number of carbonyl (C=O) groups excluding carboxylic acids is 1. The summed E-state index contributed by atoms with van der Waals surface area (Å²) in [6.45, 7) is 0.0887. The Labute approximate surface area is 169 Å². The van der Waals surface area contributed by atoms with Gasteiger partial charge in [-0.2, -0.15) is 8.42 Å². The number of aliphatic carboxylic acids is 1. The standard InChI is InChI=1S/C14H21NO14S/c1-4(16)15-8-11(10(19)7(27-13(8)22)3-26-30(23,24)25)29-14-9(18)5(17)2-6(28-14)12(20)21/h2,5,7-11,13-14,17-19,22H,3H2,1H3,(H,15,16)(H,20,21)(H,23,24,25)/t5-,7+,8+,9+,10-,11+,13+,14+/m0/s1. The highest BCUT2D eigenvalue weighted by atomic mass is 32.3. The smallest absolute Gasteiger partial charge is 0.397 e. The van der Waals surface area contributed by atoms with E-state index in [1.54, 1.807) is 0 Å². The quantitative estimate of drug-likeness (QED) is 0.179. The molecule has 0 aliphatic carbocycles. The number of ether oxygens (including phenoxy) is 3. The van der Waals surface area contributed by atoms with Crippen LogP contribution in [0, 0.1) is 0 Å². The third-order valence-corrected chi connectivity index (χ3v) is 4.57. The molecule has 30 heavy (non-hydrogen) atoms. The van der Waals surface area contributed by atoms with Crippen LogP contribution in [0.1, 0.15) is 6.92 Å². The van der Waals surface area contributed by atoms with Gasteiger partial charge in [0.05, 0.1) is 6.61 Å². The SMILES string of the molecule is CC(=O)N[C@@H]1[C@@H](O[C@H]2OC(C(=O)O)=C[C@H](O)[C@H]2O)[C@@H](O)[C@@H](COS(=O)(=O)O)O[C@H]1O. The summed E-state index contributed by atoms with van der Waals surface area (Å²) in [4.78, 5) is 22.5. The van der Waals surface area contributed by atoms with Crippen LogP contribution in [0.3, 0.4) is 0 Å². The molecule has 172 valence electrons.